The molecular weight excluding hydrogens is 210 g/mol. The summed E-state index contributed by atoms with van der Waals surface area (Å²) in [5.41, 5.74) is 0. The molecule has 0 aromatic carbocycles. The van der Waals surface area contributed by atoms with Crippen LogP contribution in [0.3, 0.4) is 0 Å². The monoisotopic (exact) mass is 218 g/mol. The van der Waals surface area contributed by atoms with Crippen molar-refractivity contribution in [2.45, 2.75) is 12.6 Å². The van der Waals surface area contributed by atoms with Crippen molar-refractivity contribution in [3.8, 4) is 0 Å². The Hall–Kier alpha value is -0.900. The van der Waals surface area contributed by atoms with E-state index in [2.05, 4.69) is 4.98 Å². The normalized spacial score (nSPS) is 21.6. The van der Waals surface area contributed by atoms with Crippen molar-refractivity contribution < 1.29 is 8.78 Å². The van der Waals surface area contributed by atoms with Crippen molar-refractivity contribution >= 4 is 17.4 Å². The van der Waals surface area contributed by atoms with Crippen LogP contribution in [0.2, 0.25) is 5.02 Å². The second-order valence-corrected chi connectivity index (χ2v) is 3.68. The lowest BCUT2D eigenvalue weighted by Gasteiger charge is -2.15. The van der Waals surface area contributed by atoms with Crippen LogP contribution in [0.25, 0.3) is 0 Å². The van der Waals surface area contributed by atoms with Gasteiger partial charge in [-0.05, 0) is 18.6 Å². The molecule has 0 aliphatic carbocycles. The number of hydrogen-bond donors (Lipinski definition) is 0. The van der Waals surface area contributed by atoms with Crippen molar-refractivity contribution in [3.63, 3.8) is 0 Å². The highest BCUT2D eigenvalue weighted by Crippen LogP contribution is 2.22. The van der Waals surface area contributed by atoms with Crippen molar-refractivity contribution in [1.82, 2.24) is 4.98 Å². The molecule has 2 heterocycles. The molecule has 5 heteroatoms. The Morgan fingerprint density at radius 3 is 2.86 bits per heavy atom. The average Bonchev–Trinajstić information content (AvgIpc) is 2.57. The zero-order valence-corrected chi connectivity index (χ0v) is 8.14. The molecule has 1 aromatic heterocycles. The predicted octanol–water partition coefficient (Wildman–Crippen LogP) is 2.42. The van der Waals surface area contributed by atoms with Crippen LogP contribution < -0.4 is 4.90 Å². The quantitative estimate of drug-likeness (QED) is 0.673. The van der Waals surface area contributed by atoms with Crippen LogP contribution in [-0.2, 0) is 0 Å². The van der Waals surface area contributed by atoms with E-state index in [1.165, 1.54) is 6.07 Å². The maximum absolute atomic E-state index is 13.0. The minimum absolute atomic E-state index is 0.00949. The fraction of sp³-hybridized carbons (Fsp3) is 0.444. The molecule has 0 unspecified atom stereocenters. The van der Waals surface area contributed by atoms with E-state index in [1.807, 2.05) is 0 Å². The van der Waals surface area contributed by atoms with Gasteiger partial charge in [0.25, 0.3) is 0 Å². The van der Waals surface area contributed by atoms with E-state index < -0.39 is 12.1 Å². The van der Waals surface area contributed by atoms with Gasteiger partial charge in [-0.25, -0.2) is 9.37 Å². The van der Waals surface area contributed by atoms with Crippen molar-refractivity contribution in [1.29, 1.82) is 0 Å². The van der Waals surface area contributed by atoms with Gasteiger partial charge < -0.3 is 4.90 Å². The smallest absolute Gasteiger partial charge is 0.233 e. The van der Waals surface area contributed by atoms with Gasteiger partial charge in [-0.15, -0.1) is 0 Å². The van der Waals surface area contributed by atoms with Gasteiger partial charge in [0.15, 0.2) is 0 Å². The van der Waals surface area contributed by atoms with Crippen molar-refractivity contribution in [3.05, 3.63) is 23.1 Å². The van der Waals surface area contributed by atoms with Crippen LogP contribution in [0, 0.1) is 5.95 Å². The van der Waals surface area contributed by atoms with E-state index in [-0.39, 0.29) is 11.6 Å². The third kappa shape index (κ3) is 1.80. The molecule has 14 heavy (non-hydrogen) atoms. The zero-order valence-electron chi connectivity index (χ0n) is 7.38. The van der Waals surface area contributed by atoms with Gasteiger partial charge in [0.1, 0.15) is 12.0 Å². The van der Waals surface area contributed by atoms with Crippen LogP contribution >= 0.6 is 11.6 Å². The molecule has 1 atom stereocenters. The molecular formula is C9H9ClF2N2. The Labute approximate surface area is 85.5 Å². The summed E-state index contributed by atoms with van der Waals surface area (Å²) in [6.07, 6.45) is -0.359. The van der Waals surface area contributed by atoms with Crippen molar-refractivity contribution in [2.75, 3.05) is 18.0 Å². The summed E-state index contributed by atoms with van der Waals surface area (Å²) in [6.45, 7) is 0.864. The summed E-state index contributed by atoms with van der Waals surface area (Å²) in [7, 11) is 0. The average molecular weight is 219 g/mol. The number of rotatable bonds is 1. The topological polar surface area (TPSA) is 16.1 Å². The zero-order chi connectivity index (χ0) is 10.1. The molecule has 0 N–H and O–H groups in total. The van der Waals surface area contributed by atoms with E-state index >= 15 is 0 Å². The Kier molecular flexibility index (Phi) is 2.54. The Morgan fingerprint density at radius 2 is 2.29 bits per heavy atom. The number of halogens is 3. The van der Waals surface area contributed by atoms with Gasteiger partial charge >= 0.3 is 0 Å². The first-order chi connectivity index (χ1) is 6.66. The van der Waals surface area contributed by atoms with E-state index in [9.17, 15) is 8.78 Å². The predicted molar refractivity (Wildman–Crippen MR) is 50.9 cm³/mol. The molecule has 1 saturated heterocycles. The number of pyridine rings is 1. The van der Waals surface area contributed by atoms with E-state index in [0.29, 0.717) is 18.8 Å². The van der Waals surface area contributed by atoms with Crippen LogP contribution in [0.4, 0.5) is 14.6 Å². The molecule has 76 valence electrons. The Bertz CT molecular complexity index is 346. The first-order valence-electron chi connectivity index (χ1n) is 4.38. The number of nitrogens with zero attached hydrogens (tertiary/aromatic N) is 2. The Morgan fingerprint density at radius 1 is 1.50 bits per heavy atom. The summed E-state index contributed by atoms with van der Waals surface area (Å²) in [5.74, 6) is -0.251. The second kappa shape index (κ2) is 3.69. The lowest BCUT2D eigenvalue weighted by atomic mass is 10.3. The van der Waals surface area contributed by atoms with Gasteiger partial charge in [0.2, 0.25) is 5.95 Å². The highest BCUT2D eigenvalue weighted by atomic mass is 35.5. The largest absolute Gasteiger partial charge is 0.353 e. The highest BCUT2D eigenvalue weighted by molar-refractivity contribution is 6.30. The van der Waals surface area contributed by atoms with E-state index in [0.717, 1.165) is 0 Å². The number of hydrogen-bond acceptors (Lipinski definition) is 2. The van der Waals surface area contributed by atoms with Crippen molar-refractivity contribution in [2.24, 2.45) is 0 Å². The maximum atomic E-state index is 13.0. The molecule has 2 rings (SSSR count). The van der Waals surface area contributed by atoms with Crippen LogP contribution in [0.1, 0.15) is 6.42 Å². The molecule has 1 aromatic rings. The molecule has 0 spiro atoms. The maximum Gasteiger partial charge on any atom is 0.233 e. The SMILES string of the molecule is Fc1nc(N2CC[C@@H](F)C2)ccc1Cl. The van der Waals surface area contributed by atoms with Crippen LogP contribution in [0.5, 0.6) is 0 Å². The fourth-order valence-electron chi connectivity index (χ4n) is 1.51. The first-order valence-corrected chi connectivity index (χ1v) is 4.75. The van der Waals surface area contributed by atoms with E-state index in [1.54, 1.807) is 11.0 Å². The van der Waals surface area contributed by atoms with Gasteiger partial charge in [-0.3, -0.25) is 0 Å². The summed E-state index contributed by atoms with van der Waals surface area (Å²) < 4.78 is 25.8. The van der Waals surface area contributed by atoms with Gasteiger partial charge in [-0.2, -0.15) is 4.39 Å². The molecule has 1 fully saturated rings. The van der Waals surface area contributed by atoms with Gasteiger partial charge in [0.05, 0.1) is 11.6 Å². The highest BCUT2D eigenvalue weighted by Gasteiger charge is 2.23. The third-order valence-electron chi connectivity index (χ3n) is 2.24. The standard InChI is InChI=1S/C9H9ClF2N2/c10-7-1-2-8(13-9(7)12)14-4-3-6(11)5-14/h1-2,6H,3-5H2/t6-/m1/s1. The third-order valence-corrected chi connectivity index (χ3v) is 2.53. The summed E-state index contributed by atoms with van der Waals surface area (Å²) >= 11 is 5.49. The molecule has 1 aliphatic heterocycles. The number of aromatic nitrogens is 1. The number of alkyl halides is 1. The lowest BCUT2D eigenvalue weighted by Crippen LogP contribution is -2.21. The molecule has 1 aliphatic rings. The second-order valence-electron chi connectivity index (χ2n) is 3.27. The van der Waals surface area contributed by atoms with Crippen LogP contribution in [0.15, 0.2) is 12.1 Å². The molecule has 0 saturated carbocycles. The minimum atomic E-state index is -0.837. The molecule has 0 radical (unpaired) electrons. The summed E-state index contributed by atoms with van der Waals surface area (Å²) in [4.78, 5) is 5.36. The van der Waals surface area contributed by atoms with Crippen LogP contribution in [-0.4, -0.2) is 24.2 Å². The Balaban J connectivity index is 2.20. The first kappa shape index (κ1) is 9.65. The molecule has 0 bridgehead atoms. The summed E-state index contributed by atoms with van der Waals surface area (Å²) in [6, 6.07) is 3.04. The summed E-state index contributed by atoms with van der Waals surface area (Å²) in [5, 5.41) is -0.00949. The van der Waals surface area contributed by atoms with Gasteiger partial charge in [0, 0.05) is 6.54 Å². The molecule has 0 amide bonds. The lowest BCUT2D eigenvalue weighted by molar-refractivity contribution is 0.364. The number of anilines is 1. The van der Waals surface area contributed by atoms with E-state index in [4.69, 9.17) is 11.6 Å². The van der Waals surface area contributed by atoms with Gasteiger partial charge in [-0.1, -0.05) is 11.6 Å². The minimum Gasteiger partial charge on any atom is -0.353 e. The molecule has 2 nitrogen and oxygen atoms in total. The fourth-order valence-corrected chi connectivity index (χ4v) is 1.61.